The molecule has 1 aromatic carbocycles. The molecule has 1 amide bonds. The molecule has 1 heterocycles. The van der Waals surface area contributed by atoms with Gasteiger partial charge in [-0.3, -0.25) is 9.78 Å². The molecule has 0 fully saturated rings. The molecule has 0 saturated heterocycles. The van der Waals surface area contributed by atoms with Crippen LogP contribution in [-0.2, 0) is 0 Å². The van der Waals surface area contributed by atoms with Gasteiger partial charge in [-0.15, -0.1) is 0 Å². The maximum Gasteiger partial charge on any atom is 0.257 e. The summed E-state index contributed by atoms with van der Waals surface area (Å²) >= 11 is 3.27. The van der Waals surface area contributed by atoms with Crippen LogP contribution >= 0.6 is 15.9 Å². The summed E-state index contributed by atoms with van der Waals surface area (Å²) in [5, 5.41) is 2.79. The Morgan fingerprint density at radius 3 is 2.62 bits per heavy atom. The van der Waals surface area contributed by atoms with Crippen LogP contribution < -0.4 is 5.32 Å². The number of halogens is 1. The minimum atomic E-state index is -0.167. The third-order valence-electron chi connectivity index (χ3n) is 2.00. The fraction of sp³-hybridized carbons (Fsp3) is 0. The first-order chi connectivity index (χ1) is 7.75. The molecule has 1 N–H and O–H groups in total. The second kappa shape index (κ2) is 4.90. The number of hydrogen-bond donors (Lipinski definition) is 1. The summed E-state index contributed by atoms with van der Waals surface area (Å²) in [7, 11) is 0. The van der Waals surface area contributed by atoms with Gasteiger partial charge in [-0.1, -0.05) is 18.2 Å². The SMILES string of the molecule is O=C(Nc1ccccc1)c1cncc(Br)c1. The highest BCUT2D eigenvalue weighted by Gasteiger charge is 2.06. The first-order valence-electron chi connectivity index (χ1n) is 4.72. The standard InChI is InChI=1S/C12H9BrN2O/c13-10-6-9(7-14-8-10)12(16)15-11-4-2-1-3-5-11/h1-8H,(H,15,16). The molecule has 0 unspecified atom stereocenters. The van der Waals surface area contributed by atoms with Crippen molar-refractivity contribution >= 4 is 27.5 Å². The molecular weight excluding hydrogens is 268 g/mol. The van der Waals surface area contributed by atoms with E-state index in [-0.39, 0.29) is 5.91 Å². The van der Waals surface area contributed by atoms with E-state index in [9.17, 15) is 4.79 Å². The normalized spacial score (nSPS) is 9.81. The highest BCUT2D eigenvalue weighted by molar-refractivity contribution is 9.10. The second-order valence-corrected chi connectivity index (χ2v) is 4.13. The molecule has 1 aromatic heterocycles. The van der Waals surface area contributed by atoms with Gasteiger partial charge in [0.05, 0.1) is 5.56 Å². The first kappa shape index (κ1) is 10.8. The Bertz CT molecular complexity index is 499. The number of benzene rings is 1. The minimum Gasteiger partial charge on any atom is -0.322 e. The molecule has 0 saturated carbocycles. The van der Waals surface area contributed by atoms with Crippen molar-refractivity contribution in [1.29, 1.82) is 0 Å². The van der Waals surface area contributed by atoms with E-state index in [1.807, 2.05) is 30.3 Å². The van der Waals surface area contributed by atoms with E-state index < -0.39 is 0 Å². The molecule has 0 spiro atoms. The lowest BCUT2D eigenvalue weighted by atomic mass is 10.2. The number of pyridine rings is 1. The fourth-order valence-electron chi connectivity index (χ4n) is 1.26. The van der Waals surface area contributed by atoms with Crippen molar-refractivity contribution in [3.05, 3.63) is 58.8 Å². The fourth-order valence-corrected chi connectivity index (χ4v) is 1.63. The lowest BCUT2D eigenvalue weighted by Gasteiger charge is -2.04. The monoisotopic (exact) mass is 276 g/mol. The Hall–Kier alpha value is -1.68. The Labute approximate surface area is 102 Å². The molecule has 0 aliphatic rings. The number of rotatable bonds is 2. The average molecular weight is 277 g/mol. The second-order valence-electron chi connectivity index (χ2n) is 3.21. The number of amides is 1. The van der Waals surface area contributed by atoms with Gasteiger partial charge in [0.25, 0.3) is 5.91 Å². The maximum atomic E-state index is 11.8. The van der Waals surface area contributed by atoms with Gasteiger partial charge in [0.1, 0.15) is 0 Å². The largest absolute Gasteiger partial charge is 0.322 e. The Morgan fingerprint density at radius 2 is 1.94 bits per heavy atom. The highest BCUT2D eigenvalue weighted by atomic mass is 79.9. The maximum absolute atomic E-state index is 11.8. The van der Waals surface area contributed by atoms with Gasteiger partial charge in [-0.05, 0) is 34.1 Å². The minimum absolute atomic E-state index is 0.167. The van der Waals surface area contributed by atoms with E-state index in [1.165, 1.54) is 6.20 Å². The van der Waals surface area contributed by atoms with Crippen LogP contribution in [0.4, 0.5) is 5.69 Å². The number of para-hydroxylation sites is 1. The lowest BCUT2D eigenvalue weighted by Crippen LogP contribution is -2.11. The summed E-state index contributed by atoms with van der Waals surface area (Å²) in [4.78, 5) is 15.7. The Kier molecular flexibility index (Phi) is 3.31. The number of carbonyl (C=O) groups is 1. The lowest BCUT2D eigenvalue weighted by molar-refractivity contribution is 0.102. The van der Waals surface area contributed by atoms with Gasteiger partial charge in [-0.25, -0.2) is 0 Å². The van der Waals surface area contributed by atoms with Crippen molar-refractivity contribution in [2.45, 2.75) is 0 Å². The number of carbonyl (C=O) groups excluding carboxylic acids is 1. The summed E-state index contributed by atoms with van der Waals surface area (Å²) in [5.74, 6) is -0.167. The smallest absolute Gasteiger partial charge is 0.257 e. The zero-order valence-electron chi connectivity index (χ0n) is 8.35. The van der Waals surface area contributed by atoms with E-state index in [1.54, 1.807) is 12.3 Å². The van der Waals surface area contributed by atoms with Gasteiger partial charge in [0, 0.05) is 22.6 Å². The predicted octanol–water partition coefficient (Wildman–Crippen LogP) is 3.10. The highest BCUT2D eigenvalue weighted by Crippen LogP contribution is 2.12. The molecule has 0 aliphatic carbocycles. The molecule has 3 nitrogen and oxygen atoms in total. The van der Waals surface area contributed by atoms with Gasteiger partial charge in [-0.2, -0.15) is 0 Å². The van der Waals surface area contributed by atoms with Gasteiger partial charge >= 0.3 is 0 Å². The Morgan fingerprint density at radius 1 is 1.19 bits per heavy atom. The van der Waals surface area contributed by atoms with Crippen molar-refractivity contribution in [3.63, 3.8) is 0 Å². The van der Waals surface area contributed by atoms with E-state index >= 15 is 0 Å². The molecule has 0 radical (unpaired) electrons. The van der Waals surface area contributed by atoms with Crippen molar-refractivity contribution in [2.75, 3.05) is 5.32 Å². The number of hydrogen-bond acceptors (Lipinski definition) is 2. The number of nitrogens with one attached hydrogen (secondary N) is 1. The van der Waals surface area contributed by atoms with Crippen LogP contribution in [0.15, 0.2) is 53.3 Å². The van der Waals surface area contributed by atoms with Crippen LogP contribution in [0.25, 0.3) is 0 Å². The van der Waals surface area contributed by atoms with Crippen molar-refractivity contribution in [3.8, 4) is 0 Å². The quantitative estimate of drug-likeness (QED) is 0.916. The van der Waals surface area contributed by atoms with Crippen LogP contribution in [0.1, 0.15) is 10.4 Å². The third-order valence-corrected chi connectivity index (χ3v) is 2.43. The van der Waals surface area contributed by atoms with Gasteiger partial charge in [0.2, 0.25) is 0 Å². The predicted molar refractivity (Wildman–Crippen MR) is 66.3 cm³/mol. The summed E-state index contributed by atoms with van der Waals surface area (Å²) in [6, 6.07) is 11.0. The van der Waals surface area contributed by atoms with Crippen molar-refractivity contribution in [2.24, 2.45) is 0 Å². The van der Waals surface area contributed by atoms with Crippen molar-refractivity contribution in [1.82, 2.24) is 4.98 Å². The molecule has 0 aliphatic heterocycles. The van der Waals surface area contributed by atoms with E-state index in [2.05, 4.69) is 26.2 Å². The Balaban J connectivity index is 2.15. The zero-order chi connectivity index (χ0) is 11.4. The van der Waals surface area contributed by atoms with Crippen LogP contribution in [0, 0.1) is 0 Å². The van der Waals surface area contributed by atoms with Crippen molar-refractivity contribution < 1.29 is 4.79 Å². The summed E-state index contributed by atoms with van der Waals surface area (Å²) in [6.07, 6.45) is 3.17. The molecule has 80 valence electrons. The molecule has 0 bridgehead atoms. The topological polar surface area (TPSA) is 42.0 Å². The van der Waals surface area contributed by atoms with E-state index in [0.29, 0.717) is 5.56 Å². The molecular formula is C12H9BrN2O. The van der Waals surface area contributed by atoms with E-state index in [0.717, 1.165) is 10.2 Å². The number of anilines is 1. The molecule has 0 atom stereocenters. The average Bonchev–Trinajstić information content (AvgIpc) is 2.30. The molecule has 2 aromatic rings. The van der Waals surface area contributed by atoms with Gasteiger partial charge in [0.15, 0.2) is 0 Å². The molecule has 2 rings (SSSR count). The summed E-state index contributed by atoms with van der Waals surface area (Å²) in [5.41, 5.74) is 1.30. The summed E-state index contributed by atoms with van der Waals surface area (Å²) < 4.78 is 0.785. The summed E-state index contributed by atoms with van der Waals surface area (Å²) in [6.45, 7) is 0. The van der Waals surface area contributed by atoms with Crippen LogP contribution in [-0.4, -0.2) is 10.9 Å². The third kappa shape index (κ3) is 2.67. The van der Waals surface area contributed by atoms with Crippen LogP contribution in [0.2, 0.25) is 0 Å². The van der Waals surface area contributed by atoms with Crippen LogP contribution in [0.3, 0.4) is 0 Å². The number of nitrogens with zero attached hydrogens (tertiary/aromatic N) is 1. The molecule has 4 heteroatoms. The molecule has 16 heavy (non-hydrogen) atoms. The first-order valence-corrected chi connectivity index (χ1v) is 5.52. The van der Waals surface area contributed by atoms with E-state index in [4.69, 9.17) is 0 Å². The zero-order valence-corrected chi connectivity index (χ0v) is 9.94. The number of aromatic nitrogens is 1. The van der Waals surface area contributed by atoms with Crippen LogP contribution in [0.5, 0.6) is 0 Å². The van der Waals surface area contributed by atoms with Gasteiger partial charge < -0.3 is 5.32 Å².